The Bertz CT molecular complexity index is 2280. The maximum atomic E-state index is 5.46. The summed E-state index contributed by atoms with van der Waals surface area (Å²) in [6.07, 6.45) is 1.92. The maximum Gasteiger partial charge on any atom is 0.148 e. The van der Waals surface area contributed by atoms with Crippen LogP contribution in [0.15, 0.2) is 128 Å². The molecule has 0 N–H and O–H groups in total. The highest BCUT2D eigenvalue weighted by atomic mass is 15.1. The number of rotatable bonds is 3. The minimum Gasteiger partial charge on any atom is -0.294 e. The van der Waals surface area contributed by atoms with E-state index in [1.165, 1.54) is 16.3 Å². The van der Waals surface area contributed by atoms with Crippen molar-refractivity contribution in [1.29, 1.82) is 0 Å². The molecule has 42 heavy (non-hydrogen) atoms. The molecule has 0 bridgehead atoms. The summed E-state index contributed by atoms with van der Waals surface area (Å²) < 4.78 is 4.58. The third kappa shape index (κ3) is 3.76. The van der Waals surface area contributed by atoms with Gasteiger partial charge in [-0.25, -0.2) is 4.98 Å². The van der Waals surface area contributed by atoms with Gasteiger partial charge in [0, 0.05) is 44.7 Å². The second kappa shape index (κ2) is 9.15. The van der Waals surface area contributed by atoms with Gasteiger partial charge in [-0.15, -0.1) is 0 Å². The summed E-state index contributed by atoms with van der Waals surface area (Å²) in [6.45, 7) is 6.71. The van der Waals surface area contributed by atoms with E-state index in [9.17, 15) is 0 Å². The van der Waals surface area contributed by atoms with E-state index in [1.54, 1.807) is 0 Å². The Morgan fingerprint density at radius 2 is 1.12 bits per heavy atom. The summed E-state index contributed by atoms with van der Waals surface area (Å²) in [6, 6.07) is 43.1. The Hall–Kier alpha value is -5.22. The molecule has 202 valence electrons. The minimum atomic E-state index is 0.0502. The molecule has 0 aliphatic heterocycles. The highest BCUT2D eigenvalue weighted by Gasteiger charge is 2.20. The zero-order valence-corrected chi connectivity index (χ0v) is 23.9. The third-order valence-corrected chi connectivity index (χ3v) is 8.32. The van der Waals surface area contributed by atoms with Gasteiger partial charge in [0.25, 0.3) is 0 Å². The lowest BCUT2D eigenvalue weighted by Crippen LogP contribution is -2.11. The van der Waals surface area contributed by atoms with Crippen LogP contribution in [0.5, 0.6) is 0 Å². The molecule has 4 aromatic carbocycles. The fourth-order valence-corrected chi connectivity index (χ4v) is 6.21. The van der Waals surface area contributed by atoms with Crippen LogP contribution in [-0.2, 0) is 5.41 Å². The number of fused-ring (bicyclic) bond motifs is 6. The SMILES string of the molecule is CC(C)(C)c1ccnc(-c2cccc(-n3c4ccccc4c4cc5c6ccccc6n(-c6ccccc6)c5nc43)c2)c1. The maximum absolute atomic E-state index is 5.46. The summed E-state index contributed by atoms with van der Waals surface area (Å²) in [5, 5.41) is 4.69. The van der Waals surface area contributed by atoms with Crippen LogP contribution in [0.25, 0.3) is 66.5 Å². The normalized spacial score (nSPS) is 12.2. The molecule has 4 heterocycles. The Labute approximate surface area is 244 Å². The Morgan fingerprint density at radius 3 is 1.79 bits per heavy atom. The first-order chi connectivity index (χ1) is 20.5. The number of nitrogens with zero attached hydrogens (tertiary/aromatic N) is 4. The lowest BCUT2D eigenvalue weighted by atomic mass is 9.87. The van der Waals surface area contributed by atoms with E-state index in [1.807, 2.05) is 6.20 Å². The fourth-order valence-electron chi connectivity index (χ4n) is 6.21. The summed E-state index contributed by atoms with van der Waals surface area (Å²) in [7, 11) is 0. The van der Waals surface area contributed by atoms with E-state index in [0.29, 0.717) is 0 Å². The molecule has 0 saturated heterocycles. The summed E-state index contributed by atoms with van der Waals surface area (Å²) in [5.74, 6) is 0. The van der Waals surface area contributed by atoms with Crippen molar-refractivity contribution >= 4 is 43.9 Å². The van der Waals surface area contributed by atoms with Gasteiger partial charge in [0.05, 0.1) is 16.7 Å². The second-order valence-electron chi connectivity index (χ2n) is 12.0. The summed E-state index contributed by atoms with van der Waals surface area (Å²) >= 11 is 0. The van der Waals surface area contributed by atoms with Crippen molar-refractivity contribution in [2.45, 2.75) is 26.2 Å². The Kier molecular flexibility index (Phi) is 5.35. The highest BCUT2D eigenvalue weighted by molar-refractivity contribution is 6.16. The smallest absolute Gasteiger partial charge is 0.148 e. The topological polar surface area (TPSA) is 35.6 Å². The van der Waals surface area contributed by atoms with Gasteiger partial charge in [-0.2, -0.15) is 0 Å². The number of benzene rings is 4. The molecule has 0 unspecified atom stereocenters. The van der Waals surface area contributed by atoms with Crippen LogP contribution in [0, 0.1) is 0 Å². The first kappa shape index (κ1) is 24.6. The molecule has 0 spiro atoms. The van der Waals surface area contributed by atoms with Crippen molar-refractivity contribution < 1.29 is 0 Å². The zero-order valence-electron chi connectivity index (χ0n) is 23.9. The fraction of sp³-hybridized carbons (Fsp3) is 0.105. The van der Waals surface area contributed by atoms with E-state index < -0.39 is 0 Å². The molecule has 8 rings (SSSR count). The molecular formula is C38H30N4. The van der Waals surface area contributed by atoms with E-state index in [2.05, 4.69) is 151 Å². The molecule has 0 aliphatic carbocycles. The molecule has 0 amide bonds. The van der Waals surface area contributed by atoms with Gasteiger partial charge < -0.3 is 0 Å². The van der Waals surface area contributed by atoms with Crippen LogP contribution in [0.2, 0.25) is 0 Å². The van der Waals surface area contributed by atoms with Gasteiger partial charge in [0.1, 0.15) is 11.3 Å². The molecule has 8 aromatic rings. The van der Waals surface area contributed by atoms with Gasteiger partial charge in [0.15, 0.2) is 0 Å². The quantitative estimate of drug-likeness (QED) is 0.223. The van der Waals surface area contributed by atoms with Crippen LogP contribution >= 0.6 is 0 Å². The Balaban J connectivity index is 1.43. The van der Waals surface area contributed by atoms with E-state index >= 15 is 0 Å². The van der Waals surface area contributed by atoms with Crippen molar-refractivity contribution in [3.05, 3.63) is 133 Å². The lowest BCUT2D eigenvalue weighted by Gasteiger charge is -2.19. The van der Waals surface area contributed by atoms with Crippen LogP contribution in [0.3, 0.4) is 0 Å². The van der Waals surface area contributed by atoms with Crippen molar-refractivity contribution in [2.24, 2.45) is 0 Å². The molecule has 4 nitrogen and oxygen atoms in total. The average molecular weight is 543 g/mol. The monoisotopic (exact) mass is 542 g/mol. The van der Waals surface area contributed by atoms with Crippen molar-refractivity contribution in [1.82, 2.24) is 19.1 Å². The van der Waals surface area contributed by atoms with E-state index in [0.717, 1.165) is 55.7 Å². The molecule has 4 aromatic heterocycles. The summed E-state index contributed by atoms with van der Waals surface area (Å²) in [5.41, 5.74) is 9.74. The molecule has 4 heteroatoms. The predicted octanol–water partition coefficient (Wildman–Crippen LogP) is 9.64. The van der Waals surface area contributed by atoms with Crippen molar-refractivity contribution in [2.75, 3.05) is 0 Å². The second-order valence-corrected chi connectivity index (χ2v) is 12.0. The van der Waals surface area contributed by atoms with Gasteiger partial charge in [-0.1, -0.05) is 87.5 Å². The van der Waals surface area contributed by atoms with Gasteiger partial charge in [0.2, 0.25) is 0 Å². The van der Waals surface area contributed by atoms with Crippen LogP contribution < -0.4 is 0 Å². The Morgan fingerprint density at radius 1 is 0.524 bits per heavy atom. The minimum absolute atomic E-state index is 0.0502. The van der Waals surface area contributed by atoms with Gasteiger partial charge in [-0.05, 0) is 65.6 Å². The zero-order chi connectivity index (χ0) is 28.4. The standard InChI is InChI=1S/C38H30N4/c1-38(2,3)26-20-21-39-33(23-26)25-12-11-15-28(22-25)42-35-19-10-8-17-30(35)32-24-31-29-16-7-9-18-34(29)41(36(31)40-37(32)42)27-13-5-4-6-14-27/h4-24H,1-3H3. The molecule has 0 fully saturated rings. The first-order valence-corrected chi connectivity index (χ1v) is 14.4. The third-order valence-electron chi connectivity index (χ3n) is 8.32. The molecule has 0 aliphatic rings. The predicted molar refractivity (Wildman–Crippen MR) is 175 cm³/mol. The molecule has 0 saturated carbocycles. The van der Waals surface area contributed by atoms with Gasteiger partial charge >= 0.3 is 0 Å². The molecular weight excluding hydrogens is 512 g/mol. The number of hydrogen-bond acceptors (Lipinski definition) is 2. The molecule has 0 radical (unpaired) electrons. The number of para-hydroxylation sites is 3. The van der Waals surface area contributed by atoms with Crippen molar-refractivity contribution in [3.63, 3.8) is 0 Å². The lowest BCUT2D eigenvalue weighted by molar-refractivity contribution is 0.589. The van der Waals surface area contributed by atoms with E-state index in [-0.39, 0.29) is 5.41 Å². The average Bonchev–Trinajstić information content (AvgIpc) is 3.52. The first-order valence-electron chi connectivity index (χ1n) is 14.4. The van der Waals surface area contributed by atoms with Crippen LogP contribution in [0.1, 0.15) is 26.3 Å². The van der Waals surface area contributed by atoms with Gasteiger partial charge in [-0.3, -0.25) is 14.1 Å². The summed E-state index contributed by atoms with van der Waals surface area (Å²) in [4.78, 5) is 10.2. The van der Waals surface area contributed by atoms with Crippen LogP contribution in [0.4, 0.5) is 0 Å². The van der Waals surface area contributed by atoms with E-state index in [4.69, 9.17) is 9.97 Å². The molecule has 0 atom stereocenters. The largest absolute Gasteiger partial charge is 0.294 e. The van der Waals surface area contributed by atoms with Crippen LogP contribution in [-0.4, -0.2) is 19.1 Å². The highest BCUT2D eigenvalue weighted by Crippen LogP contribution is 2.38. The number of aromatic nitrogens is 4. The van der Waals surface area contributed by atoms with Crippen molar-refractivity contribution in [3.8, 4) is 22.6 Å². The number of pyridine rings is 2. The number of hydrogen-bond donors (Lipinski definition) is 0.